The van der Waals surface area contributed by atoms with E-state index in [4.69, 9.17) is 32.8 Å². The standard InChI is InChI=1S/C31H54N4O12SSi/c1-20(45-29(40)21(2)47-49(10,11)31(7,8)9)28(39)44-19-25(38)46-23(16-35(30(4,5)6)24(37)18-42-22(3)36)17-43-27-26(32-48-33-27)34-12-14-41-15-13-34/h20-23,36H,12-19H2,1-11H3/t20-,21?,22?,23+/m1/s1. The molecule has 0 radical (unpaired) electrons. The van der Waals surface area contributed by atoms with Crippen LogP contribution in [0.1, 0.15) is 62.3 Å². The Morgan fingerprint density at radius 3 is 2.16 bits per heavy atom. The summed E-state index contributed by atoms with van der Waals surface area (Å²) in [6.45, 7) is 20.4. The molecule has 1 saturated heterocycles. The molecule has 2 unspecified atom stereocenters. The van der Waals surface area contributed by atoms with Crippen LogP contribution < -0.4 is 9.64 Å². The first-order chi connectivity index (χ1) is 22.6. The van der Waals surface area contributed by atoms with Gasteiger partial charge in [-0.1, -0.05) is 20.8 Å². The summed E-state index contributed by atoms with van der Waals surface area (Å²) in [6, 6.07) is 0. The summed E-state index contributed by atoms with van der Waals surface area (Å²) in [5.41, 5.74) is -0.748. The minimum Gasteiger partial charge on any atom is -0.470 e. The molecule has 0 bridgehead atoms. The number of carbonyl (C=O) groups excluding carboxylic acids is 4. The van der Waals surface area contributed by atoms with Gasteiger partial charge in [0.2, 0.25) is 11.7 Å². The molecule has 1 fully saturated rings. The molecular weight excluding hydrogens is 681 g/mol. The molecule has 1 aliphatic heterocycles. The number of rotatable bonds is 17. The first-order valence-electron chi connectivity index (χ1n) is 16.2. The van der Waals surface area contributed by atoms with Gasteiger partial charge in [-0.3, -0.25) is 4.79 Å². The minimum atomic E-state index is -2.28. The van der Waals surface area contributed by atoms with Crippen LogP contribution >= 0.6 is 11.7 Å². The third-order valence-electron chi connectivity index (χ3n) is 7.97. The second-order valence-corrected chi connectivity index (χ2v) is 19.5. The smallest absolute Gasteiger partial charge is 0.347 e. The summed E-state index contributed by atoms with van der Waals surface area (Å²) < 4.78 is 47.1. The minimum absolute atomic E-state index is 0.129. The van der Waals surface area contributed by atoms with Crippen LogP contribution in [0.15, 0.2) is 0 Å². The van der Waals surface area contributed by atoms with Crippen molar-refractivity contribution in [2.24, 2.45) is 0 Å². The first-order valence-corrected chi connectivity index (χ1v) is 19.9. The molecule has 1 amide bonds. The number of aromatic nitrogens is 2. The van der Waals surface area contributed by atoms with Crippen molar-refractivity contribution in [3.8, 4) is 5.88 Å². The third-order valence-corrected chi connectivity index (χ3v) is 13.0. The van der Waals surface area contributed by atoms with Crippen LogP contribution in [0, 0.1) is 0 Å². The van der Waals surface area contributed by atoms with E-state index in [-0.39, 0.29) is 24.1 Å². The zero-order valence-corrected chi connectivity index (χ0v) is 32.4. The molecule has 4 atom stereocenters. The van der Waals surface area contributed by atoms with Crippen LogP contribution in [0.25, 0.3) is 0 Å². The van der Waals surface area contributed by atoms with E-state index in [0.717, 1.165) is 11.7 Å². The lowest BCUT2D eigenvalue weighted by Gasteiger charge is -2.38. The average Bonchev–Trinajstić information content (AvgIpc) is 3.47. The molecule has 0 saturated carbocycles. The molecule has 0 aliphatic carbocycles. The van der Waals surface area contributed by atoms with E-state index in [0.29, 0.717) is 32.1 Å². The van der Waals surface area contributed by atoms with Gasteiger partial charge in [-0.05, 0) is 59.7 Å². The Hall–Kier alpha value is -2.90. The number of aliphatic hydroxyl groups excluding tert-OH is 1. The van der Waals surface area contributed by atoms with Gasteiger partial charge < -0.3 is 47.8 Å². The van der Waals surface area contributed by atoms with Gasteiger partial charge in [0.15, 0.2) is 33.4 Å². The van der Waals surface area contributed by atoms with Crippen molar-refractivity contribution in [3.05, 3.63) is 0 Å². The predicted octanol–water partition coefficient (Wildman–Crippen LogP) is 2.53. The second kappa shape index (κ2) is 18.4. The number of anilines is 1. The van der Waals surface area contributed by atoms with Gasteiger partial charge in [-0.25, -0.2) is 14.4 Å². The molecule has 280 valence electrons. The highest BCUT2D eigenvalue weighted by atomic mass is 32.1. The molecular formula is C31H54N4O12SSi. The highest BCUT2D eigenvalue weighted by Crippen LogP contribution is 2.37. The van der Waals surface area contributed by atoms with Crippen molar-refractivity contribution in [1.82, 2.24) is 13.6 Å². The summed E-state index contributed by atoms with van der Waals surface area (Å²) >= 11 is 0.962. The molecule has 1 N–H and O–H groups in total. The number of hydrogen-bond acceptors (Lipinski definition) is 16. The van der Waals surface area contributed by atoms with E-state index in [2.05, 4.69) is 8.75 Å². The van der Waals surface area contributed by atoms with Crippen molar-refractivity contribution >= 4 is 49.7 Å². The van der Waals surface area contributed by atoms with Crippen LogP contribution in [0.3, 0.4) is 0 Å². The maximum absolute atomic E-state index is 13.1. The maximum atomic E-state index is 13.1. The molecule has 16 nitrogen and oxygen atoms in total. The van der Waals surface area contributed by atoms with Crippen molar-refractivity contribution in [2.75, 3.05) is 57.6 Å². The van der Waals surface area contributed by atoms with Gasteiger partial charge in [0, 0.05) is 18.6 Å². The zero-order chi connectivity index (χ0) is 37.2. The van der Waals surface area contributed by atoms with Crippen LogP contribution in [-0.2, 0) is 47.3 Å². The molecule has 1 aromatic heterocycles. The zero-order valence-electron chi connectivity index (χ0n) is 30.6. The van der Waals surface area contributed by atoms with Crippen molar-refractivity contribution in [1.29, 1.82) is 0 Å². The fraction of sp³-hybridized carbons (Fsp3) is 0.806. The normalized spacial score (nSPS) is 16.6. The summed E-state index contributed by atoms with van der Waals surface area (Å²) in [4.78, 5) is 54.8. The van der Waals surface area contributed by atoms with Crippen LogP contribution in [0.2, 0.25) is 18.1 Å². The summed E-state index contributed by atoms with van der Waals surface area (Å²) in [5.74, 6) is -2.33. The monoisotopic (exact) mass is 734 g/mol. The Morgan fingerprint density at radius 1 is 0.959 bits per heavy atom. The number of carbonyl (C=O) groups is 4. The second-order valence-electron chi connectivity index (χ2n) is 14.2. The number of amides is 1. The molecule has 2 rings (SSSR count). The van der Waals surface area contributed by atoms with E-state index in [9.17, 15) is 24.3 Å². The van der Waals surface area contributed by atoms with Crippen LogP contribution in [-0.4, -0.2) is 134 Å². The fourth-order valence-corrected chi connectivity index (χ4v) is 6.06. The number of aliphatic hydroxyl groups is 1. The Bertz CT molecular complexity index is 1240. The van der Waals surface area contributed by atoms with Crippen LogP contribution in [0.4, 0.5) is 5.82 Å². The van der Waals surface area contributed by atoms with Crippen molar-refractivity contribution in [3.63, 3.8) is 0 Å². The molecule has 18 heteroatoms. The maximum Gasteiger partial charge on any atom is 0.347 e. The number of ether oxygens (including phenoxy) is 6. The molecule has 1 aliphatic rings. The van der Waals surface area contributed by atoms with E-state index in [1.165, 1.54) is 18.7 Å². The lowest BCUT2D eigenvalue weighted by molar-refractivity contribution is -0.176. The number of morpholine rings is 1. The third kappa shape index (κ3) is 13.7. The largest absolute Gasteiger partial charge is 0.470 e. The van der Waals surface area contributed by atoms with E-state index >= 15 is 0 Å². The van der Waals surface area contributed by atoms with Crippen LogP contribution in [0.5, 0.6) is 5.88 Å². The molecule has 49 heavy (non-hydrogen) atoms. The first kappa shape index (κ1) is 42.3. The van der Waals surface area contributed by atoms with Gasteiger partial charge in [0.05, 0.1) is 31.5 Å². The fourth-order valence-electron chi connectivity index (χ4n) is 4.21. The molecule has 1 aromatic rings. The average molecular weight is 735 g/mol. The highest BCUT2D eigenvalue weighted by molar-refractivity contribution is 6.99. The lowest BCUT2D eigenvalue weighted by Crippen LogP contribution is -2.52. The molecule has 0 aromatic carbocycles. The Morgan fingerprint density at radius 2 is 1.59 bits per heavy atom. The van der Waals surface area contributed by atoms with Gasteiger partial charge in [-0.15, -0.1) is 4.37 Å². The number of esters is 3. The molecule has 2 heterocycles. The number of hydrogen-bond donors (Lipinski definition) is 1. The summed E-state index contributed by atoms with van der Waals surface area (Å²) in [7, 11) is -2.28. The Labute approximate surface area is 294 Å². The lowest BCUT2D eigenvalue weighted by atomic mass is 10.1. The van der Waals surface area contributed by atoms with E-state index in [1.807, 2.05) is 38.8 Å². The molecule has 0 spiro atoms. The van der Waals surface area contributed by atoms with Crippen molar-refractivity contribution < 1.29 is 57.1 Å². The van der Waals surface area contributed by atoms with Gasteiger partial charge in [-0.2, -0.15) is 4.37 Å². The van der Waals surface area contributed by atoms with Gasteiger partial charge in [0.1, 0.15) is 19.3 Å². The van der Waals surface area contributed by atoms with Crippen molar-refractivity contribution in [2.45, 2.75) is 111 Å². The highest BCUT2D eigenvalue weighted by Gasteiger charge is 2.40. The SMILES string of the molecule is CC(O)OCC(=O)N(C[C@@H](COc1nsnc1N1CCOCC1)OC(=O)COC(=O)[C@@H](C)OC(=O)C(C)O[Si](C)(C)C(C)(C)C)C(C)(C)C. The van der Waals surface area contributed by atoms with E-state index in [1.54, 1.807) is 27.7 Å². The van der Waals surface area contributed by atoms with E-state index < -0.39 is 75.5 Å². The van der Waals surface area contributed by atoms with Gasteiger partial charge >= 0.3 is 17.9 Å². The predicted molar refractivity (Wildman–Crippen MR) is 182 cm³/mol. The number of nitrogens with zero attached hydrogens (tertiary/aromatic N) is 4. The quantitative estimate of drug-likeness (QED) is 0.106. The van der Waals surface area contributed by atoms with Gasteiger partial charge in [0.25, 0.3) is 5.88 Å². The summed E-state index contributed by atoms with van der Waals surface area (Å²) in [6.07, 6.45) is -4.44. The Balaban J connectivity index is 2.09. The Kier molecular flexibility index (Phi) is 15.8. The topological polar surface area (TPSA) is 185 Å². The summed E-state index contributed by atoms with van der Waals surface area (Å²) in [5, 5.41) is 9.38.